The lowest BCUT2D eigenvalue weighted by molar-refractivity contribution is -0.131. The third kappa shape index (κ3) is 4.03. The summed E-state index contributed by atoms with van der Waals surface area (Å²) >= 11 is 13.9. The molecular formula is C19H17Cl2N3O2S. The number of rotatable bonds is 4. The molecule has 3 heterocycles. The van der Waals surface area contributed by atoms with E-state index in [1.54, 1.807) is 29.5 Å². The zero-order valence-corrected chi connectivity index (χ0v) is 16.7. The van der Waals surface area contributed by atoms with Gasteiger partial charge in [-0.3, -0.25) is 4.79 Å². The molecule has 0 bridgehead atoms. The van der Waals surface area contributed by atoms with E-state index in [4.69, 9.17) is 27.7 Å². The third-order valence-electron chi connectivity index (χ3n) is 4.77. The first-order valence-corrected chi connectivity index (χ1v) is 10.3. The average Bonchev–Trinajstić information content (AvgIpc) is 3.36. The van der Waals surface area contributed by atoms with Gasteiger partial charge in [-0.15, -0.1) is 11.3 Å². The number of carbonyl (C=O) groups is 1. The fraction of sp³-hybridized carbons (Fsp3) is 0.316. The Morgan fingerprint density at radius 1 is 1.19 bits per heavy atom. The summed E-state index contributed by atoms with van der Waals surface area (Å²) in [7, 11) is 0. The molecule has 2 aromatic heterocycles. The number of likely N-dealkylation sites (tertiary alicyclic amines) is 1. The van der Waals surface area contributed by atoms with Gasteiger partial charge in [-0.1, -0.05) is 40.5 Å². The lowest BCUT2D eigenvalue weighted by Gasteiger charge is -2.30. The van der Waals surface area contributed by atoms with E-state index in [1.807, 2.05) is 22.4 Å². The van der Waals surface area contributed by atoms with Crippen molar-refractivity contribution >= 4 is 40.4 Å². The Kier molecular flexibility index (Phi) is 5.48. The molecule has 0 atom stereocenters. The monoisotopic (exact) mass is 421 g/mol. The SMILES string of the molecule is O=C(Cc1c(Cl)cccc1Cl)N1CCC(c2nc(-c3cccs3)no2)CC1. The molecule has 0 radical (unpaired) electrons. The van der Waals surface area contributed by atoms with E-state index in [9.17, 15) is 4.79 Å². The molecule has 5 nitrogen and oxygen atoms in total. The molecule has 0 spiro atoms. The number of hydrogen-bond acceptors (Lipinski definition) is 5. The number of thiophene rings is 1. The van der Waals surface area contributed by atoms with Crippen LogP contribution in [0, 0.1) is 0 Å². The van der Waals surface area contributed by atoms with Crippen LogP contribution in [0.4, 0.5) is 0 Å². The number of amides is 1. The van der Waals surface area contributed by atoms with Crippen LogP contribution >= 0.6 is 34.5 Å². The van der Waals surface area contributed by atoms with E-state index in [0.29, 0.717) is 40.4 Å². The highest BCUT2D eigenvalue weighted by Gasteiger charge is 2.28. The Morgan fingerprint density at radius 2 is 1.93 bits per heavy atom. The van der Waals surface area contributed by atoms with Crippen LogP contribution in [-0.4, -0.2) is 34.0 Å². The molecule has 3 aromatic rings. The maximum absolute atomic E-state index is 12.6. The van der Waals surface area contributed by atoms with Gasteiger partial charge in [0.15, 0.2) is 0 Å². The topological polar surface area (TPSA) is 59.2 Å². The molecule has 4 rings (SSSR count). The van der Waals surface area contributed by atoms with Gasteiger partial charge in [0.25, 0.3) is 0 Å². The molecule has 1 fully saturated rings. The van der Waals surface area contributed by atoms with E-state index >= 15 is 0 Å². The molecule has 0 saturated carbocycles. The van der Waals surface area contributed by atoms with Gasteiger partial charge >= 0.3 is 0 Å². The standard InChI is InChI=1S/C19H17Cl2N3O2S/c20-14-3-1-4-15(21)13(14)11-17(25)24-8-6-12(7-9-24)19-22-18(23-26-19)16-5-2-10-27-16/h1-5,10,12H,6-9,11H2. The van der Waals surface area contributed by atoms with Crippen LogP contribution < -0.4 is 0 Å². The van der Waals surface area contributed by atoms with Gasteiger partial charge in [0.2, 0.25) is 17.6 Å². The van der Waals surface area contributed by atoms with Crippen molar-refractivity contribution in [3.05, 3.63) is 57.2 Å². The first kappa shape index (κ1) is 18.5. The normalized spacial score (nSPS) is 15.3. The van der Waals surface area contributed by atoms with Crippen LogP contribution in [-0.2, 0) is 11.2 Å². The summed E-state index contributed by atoms with van der Waals surface area (Å²) in [6.07, 6.45) is 1.81. The number of carbonyl (C=O) groups excluding carboxylic acids is 1. The number of piperidine rings is 1. The molecule has 1 amide bonds. The van der Waals surface area contributed by atoms with Crippen LogP contribution in [0.3, 0.4) is 0 Å². The lowest BCUT2D eigenvalue weighted by atomic mass is 9.96. The minimum Gasteiger partial charge on any atom is -0.342 e. The van der Waals surface area contributed by atoms with Crippen molar-refractivity contribution in [2.45, 2.75) is 25.2 Å². The van der Waals surface area contributed by atoms with E-state index in [1.165, 1.54) is 0 Å². The first-order chi connectivity index (χ1) is 13.1. The average molecular weight is 422 g/mol. The molecule has 8 heteroatoms. The van der Waals surface area contributed by atoms with Crippen molar-refractivity contribution in [1.82, 2.24) is 15.0 Å². The Labute approximate surface area is 170 Å². The van der Waals surface area contributed by atoms with Crippen LogP contribution in [0.1, 0.15) is 30.2 Å². The van der Waals surface area contributed by atoms with Gasteiger partial charge in [-0.2, -0.15) is 4.98 Å². The van der Waals surface area contributed by atoms with Crippen molar-refractivity contribution in [2.24, 2.45) is 0 Å². The molecule has 140 valence electrons. The quantitative estimate of drug-likeness (QED) is 0.590. The maximum atomic E-state index is 12.6. The minimum absolute atomic E-state index is 0.0354. The largest absolute Gasteiger partial charge is 0.342 e. The van der Waals surface area contributed by atoms with Crippen molar-refractivity contribution in [1.29, 1.82) is 0 Å². The van der Waals surface area contributed by atoms with Gasteiger partial charge in [0.05, 0.1) is 11.3 Å². The lowest BCUT2D eigenvalue weighted by Crippen LogP contribution is -2.38. The van der Waals surface area contributed by atoms with E-state index < -0.39 is 0 Å². The third-order valence-corrected chi connectivity index (χ3v) is 6.34. The molecule has 1 saturated heterocycles. The first-order valence-electron chi connectivity index (χ1n) is 8.70. The van der Waals surface area contributed by atoms with E-state index in [0.717, 1.165) is 17.7 Å². The highest BCUT2D eigenvalue weighted by Crippen LogP contribution is 2.31. The highest BCUT2D eigenvalue weighted by atomic mass is 35.5. The highest BCUT2D eigenvalue weighted by molar-refractivity contribution is 7.13. The fourth-order valence-electron chi connectivity index (χ4n) is 3.25. The summed E-state index contributed by atoms with van der Waals surface area (Å²) in [4.78, 5) is 20.0. The van der Waals surface area contributed by atoms with Gasteiger partial charge in [0, 0.05) is 29.1 Å². The summed E-state index contributed by atoms with van der Waals surface area (Å²) in [5, 5.41) is 7.12. The van der Waals surface area contributed by atoms with E-state index in [2.05, 4.69) is 10.1 Å². The van der Waals surface area contributed by atoms with Crippen molar-refractivity contribution < 1.29 is 9.32 Å². The molecule has 0 N–H and O–H groups in total. The summed E-state index contributed by atoms with van der Waals surface area (Å²) < 4.78 is 5.46. The number of benzene rings is 1. The smallest absolute Gasteiger partial charge is 0.230 e. The molecule has 1 aromatic carbocycles. The predicted molar refractivity (Wildman–Crippen MR) is 106 cm³/mol. The Hall–Kier alpha value is -1.89. The van der Waals surface area contributed by atoms with Gasteiger partial charge in [-0.25, -0.2) is 0 Å². The molecule has 27 heavy (non-hydrogen) atoms. The Morgan fingerprint density at radius 3 is 2.59 bits per heavy atom. The van der Waals surface area contributed by atoms with Gasteiger partial charge in [0.1, 0.15) is 0 Å². The Bertz CT molecular complexity index is 914. The molecule has 1 aliphatic rings. The summed E-state index contributed by atoms with van der Waals surface area (Å²) in [5.41, 5.74) is 0.686. The van der Waals surface area contributed by atoms with Crippen molar-refractivity contribution in [3.8, 4) is 10.7 Å². The number of hydrogen-bond donors (Lipinski definition) is 0. The fourth-order valence-corrected chi connectivity index (χ4v) is 4.43. The van der Waals surface area contributed by atoms with Crippen LogP contribution in [0.25, 0.3) is 10.7 Å². The van der Waals surface area contributed by atoms with Crippen molar-refractivity contribution in [2.75, 3.05) is 13.1 Å². The second-order valence-electron chi connectivity index (χ2n) is 6.47. The molecule has 0 unspecified atom stereocenters. The maximum Gasteiger partial charge on any atom is 0.230 e. The number of aromatic nitrogens is 2. The number of nitrogens with zero attached hydrogens (tertiary/aromatic N) is 3. The number of halogens is 2. The summed E-state index contributed by atoms with van der Waals surface area (Å²) in [6.45, 7) is 1.31. The van der Waals surface area contributed by atoms with Crippen molar-refractivity contribution in [3.63, 3.8) is 0 Å². The summed E-state index contributed by atoms with van der Waals surface area (Å²) in [5.74, 6) is 1.50. The van der Waals surface area contributed by atoms with Gasteiger partial charge < -0.3 is 9.42 Å². The zero-order valence-electron chi connectivity index (χ0n) is 14.4. The van der Waals surface area contributed by atoms with E-state index in [-0.39, 0.29) is 18.2 Å². The predicted octanol–water partition coefficient (Wildman–Crippen LogP) is 5.05. The second-order valence-corrected chi connectivity index (χ2v) is 8.23. The van der Waals surface area contributed by atoms with Crippen LogP contribution in [0.15, 0.2) is 40.2 Å². The zero-order chi connectivity index (χ0) is 18.8. The second kappa shape index (κ2) is 8.00. The van der Waals surface area contributed by atoms with Crippen LogP contribution in [0.5, 0.6) is 0 Å². The molecule has 1 aliphatic heterocycles. The molecule has 0 aliphatic carbocycles. The minimum atomic E-state index is 0.0354. The van der Waals surface area contributed by atoms with Crippen LogP contribution in [0.2, 0.25) is 10.0 Å². The molecular weight excluding hydrogens is 405 g/mol. The van der Waals surface area contributed by atoms with Gasteiger partial charge in [-0.05, 0) is 42.0 Å². The summed E-state index contributed by atoms with van der Waals surface area (Å²) in [6, 6.07) is 9.22. The Balaban J connectivity index is 1.37.